The summed E-state index contributed by atoms with van der Waals surface area (Å²) < 4.78 is 18.5. The van der Waals surface area contributed by atoms with Crippen molar-refractivity contribution < 1.29 is 24.1 Å². The molecule has 0 saturated carbocycles. The molecule has 0 aliphatic carbocycles. The van der Waals surface area contributed by atoms with Crippen LogP contribution in [0.25, 0.3) is 31.8 Å². The Labute approximate surface area is 227 Å². The topological polar surface area (TPSA) is 133 Å². The minimum Gasteiger partial charge on any atom is -0.484 e. The van der Waals surface area contributed by atoms with Crippen molar-refractivity contribution in [3.05, 3.63) is 53.7 Å². The number of rotatable bonds is 5. The molecule has 6 rings (SSSR count). The highest BCUT2D eigenvalue weighted by Crippen LogP contribution is 2.46. The molecule has 1 aliphatic heterocycles. The Morgan fingerprint density at radius 3 is 2.64 bits per heavy atom. The van der Waals surface area contributed by atoms with Crippen LogP contribution in [0.1, 0.15) is 17.0 Å². The van der Waals surface area contributed by atoms with E-state index >= 15 is 0 Å². The van der Waals surface area contributed by atoms with Crippen LogP contribution in [0, 0.1) is 20.8 Å². The summed E-state index contributed by atoms with van der Waals surface area (Å²) in [4.78, 5) is 35.4. The lowest BCUT2D eigenvalue weighted by atomic mass is 10.1. The molecule has 0 bridgehead atoms. The van der Waals surface area contributed by atoms with Crippen molar-refractivity contribution in [2.24, 2.45) is 0 Å². The zero-order valence-corrected chi connectivity index (χ0v) is 22.4. The molecule has 5 aromatic rings. The van der Waals surface area contributed by atoms with Crippen LogP contribution in [0.4, 0.5) is 10.5 Å². The number of nitrogens with zero attached hydrogens (tertiary/aromatic N) is 6. The van der Waals surface area contributed by atoms with Crippen LogP contribution in [0.15, 0.2) is 36.8 Å². The Kier molecular flexibility index (Phi) is 6.10. The monoisotopic (exact) mass is 544 g/mol. The minimum atomic E-state index is -1.12. The molecule has 0 radical (unpaired) electrons. The molecule has 0 spiro atoms. The van der Waals surface area contributed by atoms with Crippen LogP contribution < -0.4 is 19.1 Å². The number of carboxylic acid groups (broad SMARTS) is 1. The normalized spacial score (nSPS) is 14.5. The molecule has 2 aromatic carbocycles. The third kappa shape index (κ3) is 4.52. The standard InChI is InChI=1S/C27H24N6O5S/c1-13-5-18(23-19(6-13)31-21(36-4)10-30-23)26-32-22-14(2)7-20-24(25(22)39-26)37-12-17(38-20)11-33(27(34)35)16-8-28-15(3)29-9-16/h5-10,17H,11-12H2,1-4H3,(H,34,35). The SMILES string of the molecule is COc1cnc2c(-c3nc4c(C)cc5c(c4s3)OCC(CN(C(=O)O)c3cnc(C)nc3)O5)cc(C)cc2n1. The fourth-order valence-corrected chi connectivity index (χ4v) is 5.69. The average molecular weight is 545 g/mol. The van der Waals surface area contributed by atoms with E-state index in [1.807, 2.05) is 32.0 Å². The summed E-state index contributed by atoms with van der Waals surface area (Å²) in [6.07, 6.45) is 2.92. The van der Waals surface area contributed by atoms with Gasteiger partial charge in [-0.15, -0.1) is 11.3 Å². The van der Waals surface area contributed by atoms with E-state index in [-0.39, 0.29) is 13.2 Å². The molecule has 39 heavy (non-hydrogen) atoms. The zero-order chi connectivity index (χ0) is 27.3. The van der Waals surface area contributed by atoms with Crippen molar-refractivity contribution in [3.8, 4) is 28.0 Å². The molecule has 0 fully saturated rings. The first-order chi connectivity index (χ1) is 18.8. The first-order valence-corrected chi connectivity index (χ1v) is 13.0. The van der Waals surface area contributed by atoms with Crippen LogP contribution in [-0.4, -0.2) is 62.5 Å². The third-order valence-corrected chi connectivity index (χ3v) is 7.48. The number of hydrogen-bond acceptors (Lipinski definition) is 10. The Balaban J connectivity index is 1.35. The zero-order valence-electron chi connectivity index (χ0n) is 21.6. The number of benzene rings is 2. The predicted molar refractivity (Wildman–Crippen MR) is 146 cm³/mol. The maximum Gasteiger partial charge on any atom is 0.412 e. The van der Waals surface area contributed by atoms with Gasteiger partial charge < -0.3 is 19.3 Å². The van der Waals surface area contributed by atoms with E-state index in [1.54, 1.807) is 20.2 Å². The summed E-state index contributed by atoms with van der Waals surface area (Å²) in [6, 6.07) is 5.90. The molecule has 1 unspecified atom stereocenters. The van der Waals surface area contributed by atoms with Gasteiger partial charge in [0.15, 0.2) is 17.6 Å². The van der Waals surface area contributed by atoms with E-state index in [1.165, 1.54) is 23.7 Å². The van der Waals surface area contributed by atoms with E-state index in [2.05, 4.69) is 19.9 Å². The van der Waals surface area contributed by atoms with Crippen molar-refractivity contribution in [3.63, 3.8) is 0 Å². The first-order valence-electron chi connectivity index (χ1n) is 12.1. The molecule has 3 aromatic heterocycles. The molecule has 1 atom stereocenters. The molecule has 12 heteroatoms. The Morgan fingerprint density at radius 2 is 1.90 bits per heavy atom. The predicted octanol–water partition coefficient (Wildman–Crippen LogP) is 4.95. The maximum absolute atomic E-state index is 12.0. The van der Waals surface area contributed by atoms with Gasteiger partial charge in [0.2, 0.25) is 5.88 Å². The van der Waals surface area contributed by atoms with Gasteiger partial charge in [-0.3, -0.25) is 4.90 Å². The third-order valence-electron chi connectivity index (χ3n) is 6.39. The average Bonchev–Trinajstić information content (AvgIpc) is 3.37. The molecule has 1 aliphatic rings. The number of amides is 1. The lowest BCUT2D eigenvalue weighted by molar-refractivity contribution is 0.0961. The highest BCUT2D eigenvalue weighted by molar-refractivity contribution is 7.22. The van der Waals surface area contributed by atoms with Gasteiger partial charge in [-0.05, 0) is 50.1 Å². The van der Waals surface area contributed by atoms with Gasteiger partial charge in [0.1, 0.15) is 22.1 Å². The minimum absolute atomic E-state index is 0.0592. The molecule has 4 heterocycles. The molecular weight excluding hydrogens is 520 g/mol. The van der Waals surface area contributed by atoms with Crippen LogP contribution in [-0.2, 0) is 0 Å². The van der Waals surface area contributed by atoms with Crippen LogP contribution in [0.2, 0.25) is 0 Å². The number of hydrogen-bond donors (Lipinski definition) is 1. The molecule has 1 N–H and O–H groups in total. The summed E-state index contributed by atoms with van der Waals surface area (Å²) in [5.74, 6) is 2.16. The first kappa shape index (κ1) is 24.7. The highest BCUT2D eigenvalue weighted by Gasteiger charge is 2.30. The second kappa shape index (κ2) is 9.62. The second-order valence-electron chi connectivity index (χ2n) is 9.24. The van der Waals surface area contributed by atoms with Gasteiger partial charge in [0, 0.05) is 5.56 Å². The number of methoxy groups -OCH3 is 1. The molecular formula is C27H24N6O5S. The van der Waals surface area contributed by atoms with Crippen molar-refractivity contribution in [2.75, 3.05) is 25.2 Å². The van der Waals surface area contributed by atoms with E-state index in [4.69, 9.17) is 19.2 Å². The van der Waals surface area contributed by atoms with Crippen molar-refractivity contribution >= 4 is 44.4 Å². The molecule has 1 amide bonds. The summed E-state index contributed by atoms with van der Waals surface area (Å²) in [5.41, 5.74) is 5.47. The van der Waals surface area contributed by atoms with Gasteiger partial charge in [0.25, 0.3) is 0 Å². The lowest BCUT2D eigenvalue weighted by Crippen LogP contribution is -2.43. The molecule has 0 saturated heterocycles. The van der Waals surface area contributed by atoms with E-state index in [9.17, 15) is 9.90 Å². The van der Waals surface area contributed by atoms with Crippen molar-refractivity contribution in [1.29, 1.82) is 0 Å². The van der Waals surface area contributed by atoms with E-state index in [0.717, 1.165) is 47.8 Å². The Morgan fingerprint density at radius 1 is 1.10 bits per heavy atom. The fraction of sp³-hybridized carbons (Fsp3) is 0.259. The number of carbonyl (C=O) groups is 1. The number of fused-ring (bicyclic) bond motifs is 4. The van der Waals surface area contributed by atoms with Crippen molar-refractivity contribution in [1.82, 2.24) is 24.9 Å². The fourth-order valence-electron chi connectivity index (χ4n) is 4.54. The van der Waals surface area contributed by atoms with Crippen LogP contribution in [0.5, 0.6) is 17.4 Å². The number of thiazole rings is 1. The summed E-state index contributed by atoms with van der Waals surface area (Å²) in [6.45, 7) is 5.94. The number of aromatic nitrogens is 5. The number of ether oxygens (including phenoxy) is 3. The van der Waals surface area contributed by atoms with Gasteiger partial charge >= 0.3 is 6.09 Å². The maximum atomic E-state index is 12.0. The number of aryl methyl sites for hydroxylation is 3. The van der Waals surface area contributed by atoms with Gasteiger partial charge in [-0.1, -0.05) is 0 Å². The van der Waals surface area contributed by atoms with Gasteiger partial charge in [0.05, 0.1) is 54.5 Å². The summed E-state index contributed by atoms with van der Waals surface area (Å²) >= 11 is 1.49. The lowest BCUT2D eigenvalue weighted by Gasteiger charge is -2.30. The summed E-state index contributed by atoms with van der Waals surface area (Å²) in [5, 5.41) is 10.6. The van der Waals surface area contributed by atoms with Gasteiger partial charge in [-0.25, -0.2) is 29.7 Å². The smallest absolute Gasteiger partial charge is 0.412 e. The second-order valence-corrected chi connectivity index (χ2v) is 10.2. The number of anilines is 1. The molecule has 11 nitrogen and oxygen atoms in total. The largest absolute Gasteiger partial charge is 0.484 e. The van der Waals surface area contributed by atoms with E-state index in [0.29, 0.717) is 28.9 Å². The highest BCUT2D eigenvalue weighted by atomic mass is 32.1. The van der Waals surface area contributed by atoms with Crippen molar-refractivity contribution in [2.45, 2.75) is 26.9 Å². The Bertz CT molecular complexity index is 1740. The summed E-state index contributed by atoms with van der Waals surface area (Å²) in [7, 11) is 1.56. The quantitative estimate of drug-likeness (QED) is 0.324. The van der Waals surface area contributed by atoms with Crippen LogP contribution >= 0.6 is 11.3 Å². The van der Waals surface area contributed by atoms with Crippen LogP contribution in [0.3, 0.4) is 0 Å². The molecule has 198 valence electrons. The van der Waals surface area contributed by atoms with E-state index < -0.39 is 12.2 Å². The Hall–Kier alpha value is -4.58. The van der Waals surface area contributed by atoms with Gasteiger partial charge in [-0.2, -0.15) is 0 Å².